The van der Waals surface area contributed by atoms with Crippen LogP contribution in [0, 0.1) is 10.1 Å². The van der Waals surface area contributed by atoms with Gasteiger partial charge in [0.15, 0.2) is 0 Å². The molecule has 0 aliphatic carbocycles. The number of nitro groups is 1. The van der Waals surface area contributed by atoms with Crippen molar-refractivity contribution < 1.29 is 9.72 Å². The molecule has 1 heterocycles. The van der Waals surface area contributed by atoms with Gasteiger partial charge in [-0.3, -0.25) is 0 Å². The minimum Gasteiger partial charge on any atom is -0.390 e. The quantitative estimate of drug-likeness (QED) is 0.215. The Hall–Kier alpha value is -1.81. The SMILES string of the molecule is NC(CS)CCCNC(=O)NCCCn1ccnc1[N+](=O)[O-]. The molecule has 0 aliphatic rings. The summed E-state index contributed by atoms with van der Waals surface area (Å²) in [5, 5.41) is 16.1. The maximum Gasteiger partial charge on any atom is 0.434 e. The van der Waals surface area contributed by atoms with Gasteiger partial charge in [-0.05, 0) is 24.2 Å². The number of carbonyl (C=O) groups is 1. The van der Waals surface area contributed by atoms with E-state index in [1.165, 1.54) is 10.8 Å². The third kappa shape index (κ3) is 6.76. The first-order valence-electron chi connectivity index (χ1n) is 7.08. The highest BCUT2D eigenvalue weighted by Crippen LogP contribution is 2.07. The largest absolute Gasteiger partial charge is 0.434 e. The Bertz CT molecular complexity index is 481. The number of thiol groups is 1. The highest BCUT2D eigenvalue weighted by atomic mass is 32.1. The van der Waals surface area contributed by atoms with Crippen molar-refractivity contribution in [2.24, 2.45) is 5.73 Å². The van der Waals surface area contributed by atoms with Gasteiger partial charge in [0.1, 0.15) is 12.4 Å². The van der Waals surface area contributed by atoms with Crippen molar-refractivity contribution in [2.75, 3.05) is 18.8 Å². The molecule has 0 saturated heterocycles. The van der Waals surface area contributed by atoms with E-state index in [0.29, 0.717) is 31.8 Å². The van der Waals surface area contributed by atoms with Crippen LogP contribution in [0.15, 0.2) is 12.4 Å². The van der Waals surface area contributed by atoms with Crippen LogP contribution in [0.2, 0.25) is 0 Å². The normalized spacial score (nSPS) is 11.9. The number of rotatable bonds is 10. The van der Waals surface area contributed by atoms with Gasteiger partial charge in [0.2, 0.25) is 0 Å². The summed E-state index contributed by atoms with van der Waals surface area (Å²) in [7, 11) is 0. The lowest BCUT2D eigenvalue weighted by Gasteiger charge is -2.09. The zero-order valence-electron chi connectivity index (χ0n) is 12.3. The zero-order chi connectivity index (χ0) is 16.4. The number of amides is 2. The summed E-state index contributed by atoms with van der Waals surface area (Å²) in [5.41, 5.74) is 5.71. The molecule has 124 valence electrons. The van der Waals surface area contributed by atoms with Gasteiger partial charge in [-0.2, -0.15) is 12.6 Å². The van der Waals surface area contributed by atoms with Crippen molar-refractivity contribution in [2.45, 2.75) is 31.8 Å². The number of carbonyl (C=O) groups excluding carboxylic acids is 1. The van der Waals surface area contributed by atoms with E-state index >= 15 is 0 Å². The molecule has 1 rings (SSSR count). The summed E-state index contributed by atoms with van der Waals surface area (Å²) in [6.07, 6.45) is 5.12. The predicted molar refractivity (Wildman–Crippen MR) is 86.0 cm³/mol. The second kappa shape index (κ2) is 10.0. The molecule has 0 fully saturated rings. The summed E-state index contributed by atoms with van der Waals surface area (Å²) < 4.78 is 1.44. The van der Waals surface area contributed by atoms with E-state index in [9.17, 15) is 14.9 Å². The van der Waals surface area contributed by atoms with Crippen LogP contribution >= 0.6 is 12.6 Å². The van der Waals surface area contributed by atoms with Crippen LogP contribution in [0.5, 0.6) is 0 Å². The van der Waals surface area contributed by atoms with Gasteiger partial charge in [-0.15, -0.1) is 0 Å². The van der Waals surface area contributed by atoms with Crippen LogP contribution in [0.3, 0.4) is 0 Å². The molecule has 10 heteroatoms. The molecule has 1 aromatic rings. The fraction of sp³-hybridized carbons (Fsp3) is 0.667. The molecule has 0 spiro atoms. The number of imidazole rings is 1. The van der Waals surface area contributed by atoms with Crippen molar-refractivity contribution in [3.05, 3.63) is 22.5 Å². The second-order valence-corrected chi connectivity index (χ2v) is 5.16. The third-order valence-corrected chi connectivity index (χ3v) is 3.46. The van der Waals surface area contributed by atoms with Crippen LogP contribution in [-0.2, 0) is 6.54 Å². The number of nitrogens with one attached hydrogen (secondary N) is 2. The standard InChI is InChI=1S/C12H22N6O3S/c13-10(9-22)3-1-4-14-11(19)15-5-2-7-17-8-6-16-12(17)18(20)21/h6,8,10,22H,1-5,7,9,13H2,(H2,14,15,19). The molecule has 1 aromatic heterocycles. The monoisotopic (exact) mass is 330 g/mol. The number of nitrogens with zero attached hydrogens (tertiary/aromatic N) is 3. The van der Waals surface area contributed by atoms with Gasteiger partial charge < -0.3 is 26.5 Å². The molecule has 22 heavy (non-hydrogen) atoms. The zero-order valence-corrected chi connectivity index (χ0v) is 13.2. The van der Waals surface area contributed by atoms with Gasteiger partial charge in [-0.1, -0.05) is 4.98 Å². The number of hydrogen-bond acceptors (Lipinski definition) is 6. The van der Waals surface area contributed by atoms with Crippen LogP contribution in [0.25, 0.3) is 0 Å². The van der Waals surface area contributed by atoms with E-state index in [0.717, 1.165) is 12.8 Å². The maximum absolute atomic E-state index is 11.5. The molecule has 0 bridgehead atoms. The topological polar surface area (TPSA) is 128 Å². The van der Waals surface area contributed by atoms with E-state index in [1.54, 1.807) is 6.20 Å². The van der Waals surface area contributed by atoms with E-state index in [-0.39, 0.29) is 18.0 Å². The van der Waals surface area contributed by atoms with Crippen molar-refractivity contribution in [3.8, 4) is 0 Å². The highest BCUT2D eigenvalue weighted by Gasteiger charge is 2.13. The minimum atomic E-state index is -0.532. The number of hydrogen-bond donors (Lipinski definition) is 4. The van der Waals surface area contributed by atoms with Crippen LogP contribution in [-0.4, -0.2) is 45.4 Å². The molecular weight excluding hydrogens is 308 g/mol. The summed E-state index contributed by atoms with van der Waals surface area (Å²) in [5.74, 6) is 0.442. The molecule has 1 atom stereocenters. The second-order valence-electron chi connectivity index (χ2n) is 4.80. The molecular formula is C12H22N6O3S. The molecule has 0 aliphatic heterocycles. The average Bonchev–Trinajstić information content (AvgIpc) is 2.96. The molecule has 1 unspecified atom stereocenters. The predicted octanol–water partition coefficient (Wildman–Crippen LogP) is 0.518. The highest BCUT2D eigenvalue weighted by molar-refractivity contribution is 7.80. The lowest BCUT2D eigenvalue weighted by molar-refractivity contribution is -0.396. The average molecular weight is 330 g/mol. The first-order valence-corrected chi connectivity index (χ1v) is 7.71. The minimum absolute atomic E-state index is 0.0548. The van der Waals surface area contributed by atoms with Crippen molar-refractivity contribution in [3.63, 3.8) is 0 Å². The Labute approximate surface area is 134 Å². The van der Waals surface area contributed by atoms with Crippen molar-refractivity contribution >= 4 is 24.6 Å². The molecule has 0 aromatic carbocycles. The van der Waals surface area contributed by atoms with E-state index in [2.05, 4.69) is 28.2 Å². The Morgan fingerprint density at radius 3 is 2.77 bits per heavy atom. The summed E-state index contributed by atoms with van der Waals surface area (Å²) in [6, 6.07) is -0.196. The van der Waals surface area contributed by atoms with Gasteiger partial charge >= 0.3 is 12.0 Å². The number of urea groups is 1. The lowest BCUT2D eigenvalue weighted by Crippen LogP contribution is -2.37. The smallest absolute Gasteiger partial charge is 0.390 e. The Balaban J connectivity index is 2.10. The van der Waals surface area contributed by atoms with E-state index in [4.69, 9.17) is 5.73 Å². The van der Waals surface area contributed by atoms with Crippen LogP contribution in [0.4, 0.5) is 10.7 Å². The molecule has 4 N–H and O–H groups in total. The maximum atomic E-state index is 11.5. The Morgan fingerprint density at radius 2 is 2.14 bits per heavy atom. The van der Waals surface area contributed by atoms with Crippen LogP contribution < -0.4 is 16.4 Å². The number of aromatic nitrogens is 2. The van der Waals surface area contributed by atoms with Crippen LogP contribution in [0.1, 0.15) is 19.3 Å². The Kier molecular flexibility index (Phi) is 8.30. The fourth-order valence-electron chi connectivity index (χ4n) is 1.82. The van der Waals surface area contributed by atoms with Gasteiger partial charge in [0.25, 0.3) is 0 Å². The van der Waals surface area contributed by atoms with E-state index in [1.807, 2.05) is 0 Å². The molecule has 2 amide bonds. The van der Waals surface area contributed by atoms with Gasteiger partial charge in [0.05, 0.1) is 6.54 Å². The first kappa shape index (κ1) is 18.2. The fourth-order valence-corrected chi connectivity index (χ4v) is 2.00. The molecule has 0 saturated carbocycles. The third-order valence-electron chi connectivity index (χ3n) is 2.99. The number of aryl methyl sites for hydroxylation is 1. The summed E-state index contributed by atoms with van der Waals surface area (Å²) in [4.78, 5) is 25.3. The van der Waals surface area contributed by atoms with Gasteiger partial charge in [-0.25, -0.2) is 9.36 Å². The summed E-state index contributed by atoms with van der Waals surface area (Å²) in [6.45, 7) is 1.41. The van der Waals surface area contributed by atoms with Crippen molar-refractivity contribution in [1.82, 2.24) is 20.2 Å². The van der Waals surface area contributed by atoms with E-state index < -0.39 is 4.92 Å². The number of nitrogens with two attached hydrogens (primary N) is 1. The molecule has 9 nitrogen and oxygen atoms in total. The van der Waals surface area contributed by atoms with Crippen molar-refractivity contribution in [1.29, 1.82) is 0 Å². The lowest BCUT2D eigenvalue weighted by atomic mass is 10.2. The van der Waals surface area contributed by atoms with Gasteiger partial charge in [0, 0.05) is 24.9 Å². The first-order chi connectivity index (χ1) is 10.5. The Morgan fingerprint density at radius 1 is 1.45 bits per heavy atom. The summed E-state index contributed by atoms with van der Waals surface area (Å²) >= 11 is 4.09. The molecule has 0 radical (unpaired) electrons.